The number of rotatable bonds is 14. The molecule has 2 amide bonds. The fraction of sp³-hybridized carbons (Fsp3) is 0.310. The Kier molecular flexibility index (Phi) is 11.8. The van der Waals surface area contributed by atoms with Gasteiger partial charge in [-0.3, -0.25) is 24.0 Å². The van der Waals surface area contributed by atoms with Gasteiger partial charge in [0.1, 0.15) is 24.0 Å². The van der Waals surface area contributed by atoms with Gasteiger partial charge in [-0.25, -0.2) is 8.42 Å². The van der Waals surface area contributed by atoms with Crippen molar-refractivity contribution < 1.29 is 27.7 Å². The number of non-ortho nitro benzene ring substituents is 1. The van der Waals surface area contributed by atoms with Crippen LogP contribution in [0.25, 0.3) is 0 Å². The van der Waals surface area contributed by atoms with Gasteiger partial charge in [0, 0.05) is 31.6 Å². The van der Waals surface area contributed by atoms with E-state index >= 15 is 0 Å². The Morgan fingerprint density at radius 2 is 1.72 bits per heavy atom. The number of sulfonamides is 1. The summed E-state index contributed by atoms with van der Waals surface area (Å²) in [6, 6.07) is 16.2. The number of hydrogen-bond acceptors (Lipinski definition) is 7. The van der Waals surface area contributed by atoms with Crippen LogP contribution in [0.15, 0.2) is 66.7 Å². The lowest BCUT2D eigenvalue weighted by Crippen LogP contribution is -2.53. The van der Waals surface area contributed by atoms with Gasteiger partial charge in [0.15, 0.2) is 0 Å². The fourth-order valence-electron chi connectivity index (χ4n) is 4.34. The monoisotopic (exact) mass is 650 g/mol. The molecule has 0 fully saturated rings. The molecule has 0 aromatic heterocycles. The van der Waals surface area contributed by atoms with Crippen LogP contribution in [0.4, 0.5) is 11.4 Å². The van der Waals surface area contributed by atoms with Gasteiger partial charge in [0.25, 0.3) is 5.69 Å². The number of benzene rings is 3. The van der Waals surface area contributed by atoms with Gasteiger partial charge in [-0.1, -0.05) is 66.5 Å². The van der Waals surface area contributed by atoms with Crippen molar-refractivity contribution in [2.75, 3.05) is 30.8 Å². The summed E-state index contributed by atoms with van der Waals surface area (Å²) in [5, 5.41) is 14.9. The number of amides is 2. The van der Waals surface area contributed by atoms with Crippen molar-refractivity contribution in [3.63, 3.8) is 0 Å². The van der Waals surface area contributed by atoms with Crippen LogP contribution in [-0.2, 0) is 32.6 Å². The van der Waals surface area contributed by atoms with Crippen molar-refractivity contribution >= 4 is 56.4 Å². The maximum absolute atomic E-state index is 14.2. The zero-order valence-electron chi connectivity index (χ0n) is 23.8. The van der Waals surface area contributed by atoms with Crippen molar-refractivity contribution in [2.45, 2.75) is 32.4 Å². The van der Waals surface area contributed by atoms with Crippen molar-refractivity contribution in [1.29, 1.82) is 0 Å². The Morgan fingerprint density at radius 1 is 1.02 bits per heavy atom. The lowest BCUT2D eigenvalue weighted by Gasteiger charge is -2.33. The second kappa shape index (κ2) is 15.0. The average molecular weight is 652 g/mol. The number of methoxy groups -OCH3 is 1. The first kappa shape index (κ1) is 33.6. The molecule has 0 heterocycles. The second-order valence-electron chi connectivity index (χ2n) is 9.65. The van der Waals surface area contributed by atoms with E-state index in [4.69, 9.17) is 27.9 Å². The summed E-state index contributed by atoms with van der Waals surface area (Å²) in [4.78, 5) is 39.8. The van der Waals surface area contributed by atoms with E-state index in [9.17, 15) is 28.1 Å². The molecule has 3 rings (SSSR count). The molecule has 14 heteroatoms. The lowest BCUT2D eigenvalue weighted by atomic mass is 10.0. The molecule has 230 valence electrons. The molecule has 0 aliphatic heterocycles. The average Bonchev–Trinajstić information content (AvgIpc) is 2.97. The summed E-state index contributed by atoms with van der Waals surface area (Å²) in [6.45, 7) is 1.36. The summed E-state index contributed by atoms with van der Waals surface area (Å²) in [7, 11) is -2.91. The van der Waals surface area contributed by atoms with Gasteiger partial charge in [-0.15, -0.1) is 0 Å². The van der Waals surface area contributed by atoms with E-state index in [1.807, 2.05) is 25.1 Å². The Morgan fingerprint density at radius 3 is 2.30 bits per heavy atom. The molecular weight excluding hydrogens is 619 g/mol. The number of nitrogens with one attached hydrogen (secondary N) is 1. The minimum atomic E-state index is -4.18. The Hall–Kier alpha value is -3.87. The highest BCUT2D eigenvalue weighted by Gasteiger charge is 2.34. The van der Waals surface area contributed by atoms with E-state index in [1.165, 1.54) is 18.1 Å². The molecule has 0 aliphatic rings. The van der Waals surface area contributed by atoms with Crippen LogP contribution in [0.5, 0.6) is 5.75 Å². The van der Waals surface area contributed by atoms with Crippen LogP contribution in [0, 0.1) is 10.1 Å². The third-order valence-electron chi connectivity index (χ3n) is 6.48. The predicted molar refractivity (Wildman–Crippen MR) is 166 cm³/mol. The van der Waals surface area contributed by atoms with Gasteiger partial charge in [-0.05, 0) is 35.7 Å². The minimum absolute atomic E-state index is 0.00128. The number of nitro benzene ring substituents is 1. The molecule has 0 spiro atoms. The van der Waals surface area contributed by atoms with Crippen LogP contribution < -0.4 is 14.4 Å². The quantitative estimate of drug-likeness (QED) is 0.194. The molecule has 0 saturated heterocycles. The third kappa shape index (κ3) is 9.06. The lowest BCUT2D eigenvalue weighted by molar-refractivity contribution is -0.384. The number of carbonyl (C=O) groups excluding carboxylic acids is 2. The van der Waals surface area contributed by atoms with Crippen molar-refractivity contribution in [2.24, 2.45) is 0 Å². The highest BCUT2D eigenvalue weighted by molar-refractivity contribution is 7.92. The first-order valence-corrected chi connectivity index (χ1v) is 15.8. The van der Waals surface area contributed by atoms with Crippen LogP contribution in [-0.4, -0.2) is 62.6 Å². The summed E-state index contributed by atoms with van der Waals surface area (Å²) >= 11 is 12.3. The Bertz CT molecular complexity index is 1570. The predicted octanol–water partition coefficient (Wildman–Crippen LogP) is 4.84. The number of carbonyl (C=O) groups is 2. The Labute approximate surface area is 260 Å². The number of hydrogen-bond donors (Lipinski definition) is 1. The SMILES string of the molecule is CCCNC(=O)C(Cc1ccccc1)N(Cc1ccc(Cl)c(Cl)c1)C(=O)CN(c1cc([N+](=O)[O-])ccc1OC)S(C)(=O)=O. The summed E-state index contributed by atoms with van der Waals surface area (Å²) in [5.74, 6) is -1.17. The molecule has 43 heavy (non-hydrogen) atoms. The molecule has 1 N–H and O–H groups in total. The maximum atomic E-state index is 14.2. The maximum Gasteiger partial charge on any atom is 0.271 e. The molecule has 1 atom stereocenters. The van der Waals surface area contributed by atoms with Crippen molar-refractivity contribution in [1.82, 2.24) is 10.2 Å². The number of halogens is 2. The first-order valence-electron chi connectivity index (χ1n) is 13.2. The number of anilines is 1. The van der Waals surface area contributed by atoms with Crippen LogP contribution in [0.3, 0.4) is 0 Å². The summed E-state index contributed by atoms with van der Waals surface area (Å²) in [5.41, 5.74) is 0.719. The van der Waals surface area contributed by atoms with Crippen LogP contribution in [0.1, 0.15) is 24.5 Å². The highest BCUT2D eigenvalue weighted by atomic mass is 35.5. The molecular formula is C29H32Cl2N4O7S. The summed E-state index contributed by atoms with van der Waals surface area (Å²) in [6.07, 6.45) is 1.65. The van der Waals surface area contributed by atoms with Crippen molar-refractivity contribution in [3.05, 3.63) is 98.0 Å². The zero-order valence-corrected chi connectivity index (χ0v) is 26.2. The molecule has 0 saturated carbocycles. The highest BCUT2D eigenvalue weighted by Crippen LogP contribution is 2.34. The molecule has 0 aliphatic carbocycles. The topological polar surface area (TPSA) is 139 Å². The van der Waals surface area contributed by atoms with E-state index in [0.717, 1.165) is 28.3 Å². The van der Waals surface area contributed by atoms with E-state index < -0.39 is 45.0 Å². The zero-order chi connectivity index (χ0) is 31.7. The smallest absolute Gasteiger partial charge is 0.271 e. The van der Waals surface area contributed by atoms with E-state index in [1.54, 1.807) is 30.3 Å². The minimum Gasteiger partial charge on any atom is -0.495 e. The van der Waals surface area contributed by atoms with Gasteiger partial charge >= 0.3 is 0 Å². The molecule has 1 unspecified atom stereocenters. The van der Waals surface area contributed by atoms with Crippen LogP contribution in [0.2, 0.25) is 10.0 Å². The first-order chi connectivity index (χ1) is 20.3. The second-order valence-corrected chi connectivity index (χ2v) is 12.4. The number of ether oxygens (including phenoxy) is 1. The van der Waals surface area contributed by atoms with E-state index in [2.05, 4.69) is 5.32 Å². The number of nitrogens with zero attached hydrogens (tertiary/aromatic N) is 3. The van der Waals surface area contributed by atoms with Gasteiger partial charge in [-0.2, -0.15) is 0 Å². The molecule has 3 aromatic rings. The largest absolute Gasteiger partial charge is 0.495 e. The van der Waals surface area contributed by atoms with Crippen LogP contribution >= 0.6 is 23.2 Å². The number of nitro groups is 1. The van der Waals surface area contributed by atoms with E-state index in [0.29, 0.717) is 23.6 Å². The third-order valence-corrected chi connectivity index (χ3v) is 8.34. The normalized spacial score (nSPS) is 11.8. The van der Waals surface area contributed by atoms with Gasteiger partial charge < -0.3 is 15.0 Å². The molecule has 0 radical (unpaired) electrons. The standard InChI is InChI=1S/C29H32Cl2N4O7S/c1-4-14-32-29(37)26(16-20-8-6-5-7-9-20)33(18-21-10-12-23(30)24(31)15-21)28(36)19-34(43(3,40)41)25-17-22(35(38)39)11-13-27(25)42-2/h5-13,15,17,26H,4,14,16,18-19H2,1-3H3,(H,32,37). The Balaban J connectivity index is 2.13. The molecule has 3 aromatic carbocycles. The molecule has 0 bridgehead atoms. The summed E-state index contributed by atoms with van der Waals surface area (Å²) < 4.78 is 32.1. The van der Waals surface area contributed by atoms with Crippen molar-refractivity contribution in [3.8, 4) is 5.75 Å². The van der Waals surface area contributed by atoms with E-state index in [-0.39, 0.29) is 29.4 Å². The van der Waals surface area contributed by atoms with Gasteiger partial charge in [0.05, 0.1) is 28.3 Å². The fourth-order valence-corrected chi connectivity index (χ4v) is 5.50. The molecule has 11 nitrogen and oxygen atoms in total. The van der Waals surface area contributed by atoms with Gasteiger partial charge in [0.2, 0.25) is 21.8 Å².